The number of nitrogens with zero attached hydrogens (tertiary/aromatic N) is 3. The van der Waals surface area contributed by atoms with Crippen molar-refractivity contribution in [3.05, 3.63) is 23.1 Å². The Morgan fingerprint density at radius 2 is 2.22 bits per heavy atom. The number of halogens is 1. The Bertz CT molecular complexity index is 636. The molecule has 6 nitrogen and oxygen atoms in total. The second-order valence-electron chi connectivity index (χ2n) is 3.67. The van der Waals surface area contributed by atoms with E-state index < -0.39 is 11.8 Å². The molecule has 0 atom stereocenters. The number of carbonyl (C=O) groups excluding carboxylic acids is 2. The fraction of sp³-hybridized carbons (Fsp3) is 0.273. The summed E-state index contributed by atoms with van der Waals surface area (Å²) in [6.45, 7) is 0. The molecule has 0 aliphatic heterocycles. The summed E-state index contributed by atoms with van der Waals surface area (Å²) in [5, 5.41) is 4.77. The van der Waals surface area contributed by atoms with Crippen molar-refractivity contribution in [3.63, 3.8) is 0 Å². The zero-order valence-electron chi connectivity index (χ0n) is 9.81. The van der Waals surface area contributed by atoms with Gasteiger partial charge in [0.1, 0.15) is 17.3 Å². The first-order valence-corrected chi connectivity index (χ1v) is 5.49. The molecule has 0 saturated heterocycles. The average molecular weight is 268 g/mol. The lowest BCUT2D eigenvalue weighted by atomic mass is 10.1. The van der Waals surface area contributed by atoms with Crippen molar-refractivity contribution in [2.45, 2.75) is 6.42 Å². The molecule has 0 saturated carbocycles. The molecular weight excluding hydrogens is 258 g/mol. The quantitative estimate of drug-likeness (QED) is 0.363. The van der Waals surface area contributed by atoms with Gasteiger partial charge in [-0.25, -0.2) is 4.98 Å². The van der Waals surface area contributed by atoms with E-state index in [9.17, 15) is 9.59 Å². The fourth-order valence-corrected chi connectivity index (χ4v) is 1.80. The summed E-state index contributed by atoms with van der Waals surface area (Å²) in [6, 6.07) is 1.61. The largest absolute Gasteiger partial charge is 0.469 e. The maximum atomic E-state index is 11.9. The summed E-state index contributed by atoms with van der Waals surface area (Å²) >= 11 is 5.85. The van der Waals surface area contributed by atoms with Gasteiger partial charge in [0.15, 0.2) is 5.78 Å². The summed E-state index contributed by atoms with van der Waals surface area (Å²) in [4.78, 5) is 27.0. The zero-order valence-corrected chi connectivity index (χ0v) is 10.6. The van der Waals surface area contributed by atoms with E-state index in [4.69, 9.17) is 11.6 Å². The van der Waals surface area contributed by atoms with Crippen molar-refractivity contribution in [1.82, 2.24) is 14.8 Å². The van der Waals surface area contributed by atoms with Crippen molar-refractivity contribution in [2.75, 3.05) is 7.11 Å². The molecule has 0 amide bonds. The first kappa shape index (κ1) is 12.5. The number of carbonyl (C=O) groups is 2. The highest BCUT2D eigenvalue weighted by Crippen LogP contribution is 2.21. The topological polar surface area (TPSA) is 74.1 Å². The lowest BCUT2D eigenvalue weighted by Gasteiger charge is -2.02. The molecule has 2 aromatic heterocycles. The monoisotopic (exact) mass is 267 g/mol. The van der Waals surface area contributed by atoms with Gasteiger partial charge < -0.3 is 4.74 Å². The van der Waals surface area contributed by atoms with Crippen LogP contribution < -0.4 is 0 Å². The summed E-state index contributed by atoms with van der Waals surface area (Å²) in [7, 11) is 2.95. The third-order valence-corrected chi connectivity index (χ3v) is 2.70. The van der Waals surface area contributed by atoms with E-state index in [-0.39, 0.29) is 17.3 Å². The molecule has 0 unspecified atom stereocenters. The number of hydrogen-bond donors (Lipinski definition) is 0. The van der Waals surface area contributed by atoms with Gasteiger partial charge >= 0.3 is 5.97 Å². The van der Waals surface area contributed by atoms with Crippen molar-refractivity contribution in [1.29, 1.82) is 0 Å². The molecule has 0 spiro atoms. The number of hydrogen-bond acceptors (Lipinski definition) is 5. The molecule has 7 heteroatoms. The van der Waals surface area contributed by atoms with E-state index in [2.05, 4.69) is 14.8 Å². The Balaban J connectivity index is 2.50. The third kappa shape index (κ3) is 2.19. The van der Waals surface area contributed by atoms with Crippen LogP contribution in [0.2, 0.25) is 5.15 Å². The van der Waals surface area contributed by atoms with Crippen LogP contribution in [0.1, 0.15) is 16.9 Å². The Hall–Kier alpha value is -1.95. The highest BCUT2D eigenvalue weighted by Gasteiger charge is 2.18. The van der Waals surface area contributed by atoms with Crippen LogP contribution in [-0.2, 0) is 16.6 Å². The highest BCUT2D eigenvalue weighted by atomic mass is 35.5. The van der Waals surface area contributed by atoms with Gasteiger partial charge in [0.25, 0.3) is 0 Å². The van der Waals surface area contributed by atoms with Crippen molar-refractivity contribution in [2.24, 2.45) is 7.05 Å². The molecule has 2 heterocycles. The van der Waals surface area contributed by atoms with Crippen LogP contribution in [0.4, 0.5) is 0 Å². The summed E-state index contributed by atoms with van der Waals surface area (Å²) in [5.41, 5.74) is 0.819. The number of ketones is 1. The normalized spacial score (nSPS) is 10.6. The minimum absolute atomic E-state index is 0.135. The maximum absolute atomic E-state index is 11.9. The van der Waals surface area contributed by atoms with Crippen LogP contribution in [0, 0.1) is 0 Å². The van der Waals surface area contributed by atoms with Crippen LogP contribution >= 0.6 is 11.6 Å². The van der Waals surface area contributed by atoms with Crippen LogP contribution in [0.5, 0.6) is 0 Å². The Kier molecular flexibility index (Phi) is 3.29. The SMILES string of the molecule is COC(=O)CC(=O)c1nc(Cl)cc2c1cnn2C. The predicted octanol–water partition coefficient (Wildman–Crippen LogP) is 1.37. The van der Waals surface area contributed by atoms with Gasteiger partial charge in [0.2, 0.25) is 0 Å². The van der Waals surface area contributed by atoms with Gasteiger partial charge in [-0.3, -0.25) is 14.3 Å². The van der Waals surface area contributed by atoms with Crippen molar-refractivity contribution >= 4 is 34.3 Å². The van der Waals surface area contributed by atoms with Gasteiger partial charge in [0, 0.05) is 18.5 Å². The van der Waals surface area contributed by atoms with Crippen molar-refractivity contribution in [3.8, 4) is 0 Å². The second kappa shape index (κ2) is 4.73. The Labute approximate surface area is 108 Å². The van der Waals surface area contributed by atoms with Gasteiger partial charge in [-0.15, -0.1) is 0 Å². The summed E-state index contributed by atoms with van der Waals surface area (Å²) in [6.07, 6.45) is 1.15. The number of ether oxygens (including phenoxy) is 1. The van der Waals surface area contributed by atoms with Crippen LogP contribution in [0.3, 0.4) is 0 Å². The standard InChI is InChI=1S/C11H10ClN3O3/c1-15-7-3-9(12)14-11(6(7)5-13-15)8(16)4-10(17)18-2/h3,5H,4H2,1-2H3. The smallest absolute Gasteiger partial charge is 0.313 e. The molecule has 18 heavy (non-hydrogen) atoms. The highest BCUT2D eigenvalue weighted by molar-refractivity contribution is 6.30. The van der Waals surface area contributed by atoms with Gasteiger partial charge in [-0.05, 0) is 0 Å². The van der Waals surface area contributed by atoms with Gasteiger partial charge in [-0.2, -0.15) is 5.10 Å². The van der Waals surface area contributed by atoms with Crippen LogP contribution in [0.15, 0.2) is 12.3 Å². The number of rotatable bonds is 3. The molecule has 0 N–H and O–H groups in total. The number of fused-ring (bicyclic) bond motifs is 1. The molecule has 0 radical (unpaired) electrons. The first-order chi connectivity index (χ1) is 8.52. The first-order valence-electron chi connectivity index (χ1n) is 5.11. The third-order valence-electron chi connectivity index (χ3n) is 2.51. The minimum Gasteiger partial charge on any atom is -0.469 e. The average Bonchev–Trinajstić information content (AvgIpc) is 2.70. The van der Waals surface area contributed by atoms with Crippen LogP contribution in [-0.4, -0.2) is 33.6 Å². The summed E-state index contributed by atoms with van der Waals surface area (Å²) < 4.78 is 6.03. The van der Waals surface area contributed by atoms with Gasteiger partial charge in [0.05, 0.1) is 18.8 Å². The second-order valence-corrected chi connectivity index (χ2v) is 4.06. The van der Waals surface area contributed by atoms with E-state index >= 15 is 0 Å². The number of esters is 1. The fourth-order valence-electron chi connectivity index (χ4n) is 1.61. The Morgan fingerprint density at radius 3 is 2.89 bits per heavy atom. The van der Waals surface area contributed by atoms with Crippen LogP contribution in [0.25, 0.3) is 10.9 Å². The number of pyridine rings is 1. The lowest BCUT2D eigenvalue weighted by molar-refractivity contribution is -0.139. The van der Waals surface area contributed by atoms with E-state index in [1.54, 1.807) is 17.8 Å². The molecule has 2 rings (SSSR count). The molecule has 94 valence electrons. The number of aryl methyl sites for hydroxylation is 1. The molecule has 0 fully saturated rings. The number of Topliss-reactive ketones (excluding diaryl/α,β-unsaturated/α-hetero) is 1. The summed E-state index contributed by atoms with van der Waals surface area (Å²) in [5.74, 6) is -1.05. The molecular formula is C11H10ClN3O3. The van der Waals surface area contributed by atoms with Crippen molar-refractivity contribution < 1.29 is 14.3 Å². The maximum Gasteiger partial charge on any atom is 0.313 e. The zero-order chi connectivity index (χ0) is 13.3. The van der Waals surface area contributed by atoms with E-state index in [0.29, 0.717) is 10.9 Å². The molecule has 0 aromatic carbocycles. The number of aromatic nitrogens is 3. The van der Waals surface area contributed by atoms with E-state index in [1.807, 2.05) is 0 Å². The Morgan fingerprint density at radius 1 is 1.50 bits per heavy atom. The molecule has 0 bridgehead atoms. The lowest BCUT2D eigenvalue weighted by Crippen LogP contribution is -2.11. The predicted molar refractivity (Wildman–Crippen MR) is 64.5 cm³/mol. The number of methoxy groups -OCH3 is 1. The molecule has 2 aromatic rings. The molecule has 0 aliphatic carbocycles. The minimum atomic E-state index is -0.612. The van der Waals surface area contributed by atoms with E-state index in [0.717, 1.165) is 0 Å². The molecule has 0 aliphatic rings. The van der Waals surface area contributed by atoms with Gasteiger partial charge in [-0.1, -0.05) is 11.6 Å². The van der Waals surface area contributed by atoms with E-state index in [1.165, 1.54) is 13.3 Å².